The van der Waals surface area contributed by atoms with Gasteiger partial charge in [0.25, 0.3) is 5.91 Å². The minimum atomic E-state index is -3.84. The highest BCUT2D eigenvalue weighted by Gasteiger charge is 2.22. The van der Waals surface area contributed by atoms with Gasteiger partial charge in [0.2, 0.25) is 10.0 Å². The average Bonchev–Trinajstić information content (AvgIpc) is 3.08. The molecule has 0 heterocycles. The maximum absolute atomic E-state index is 11.8. The Labute approximate surface area is 114 Å². The summed E-state index contributed by atoms with van der Waals surface area (Å²) in [5.41, 5.74) is 0.294. The van der Waals surface area contributed by atoms with Crippen LogP contribution in [0.2, 0.25) is 0 Å². The first kappa shape index (κ1) is 13.5. The lowest BCUT2D eigenvalue weighted by atomic mass is 10.2. The van der Waals surface area contributed by atoms with Crippen LogP contribution in [-0.2, 0) is 10.0 Å². The standard InChI is InChI=1S/C11H13BrN2O3S/c12-9-4-3-8(5-10(9)18(13,16)17)11(15)14-6-7-1-2-7/h3-5,7H,1-2,6H2,(H,14,15)(H2,13,16,17). The third kappa shape index (κ3) is 3.30. The Balaban J connectivity index is 2.20. The predicted octanol–water partition coefficient (Wildman–Crippen LogP) is 1.24. The SMILES string of the molecule is NS(=O)(=O)c1cc(C(=O)NCC2CC2)ccc1Br. The molecule has 1 aromatic rings. The van der Waals surface area contributed by atoms with Gasteiger partial charge in [0, 0.05) is 16.6 Å². The van der Waals surface area contributed by atoms with E-state index >= 15 is 0 Å². The highest BCUT2D eigenvalue weighted by Crippen LogP contribution is 2.28. The number of amides is 1. The summed E-state index contributed by atoms with van der Waals surface area (Å²) in [6.07, 6.45) is 2.28. The van der Waals surface area contributed by atoms with Gasteiger partial charge in [-0.25, -0.2) is 13.6 Å². The highest BCUT2D eigenvalue weighted by molar-refractivity contribution is 9.10. The second kappa shape index (κ2) is 4.99. The first-order chi connectivity index (χ1) is 8.38. The normalized spacial score (nSPS) is 15.4. The summed E-state index contributed by atoms with van der Waals surface area (Å²) in [6, 6.07) is 4.34. The maximum atomic E-state index is 11.8. The topological polar surface area (TPSA) is 89.3 Å². The molecule has 5 nitrogen and oxygen atoms in total. The molecule has 1 amide bonds. The molecular weight excluding hydrogens is 320 g/mol. The van der Waals surface area contributed by atoms with Gasteiger partial charge >= 0.3 is 0 Å². The van der Waals surface area contributed by atoms with Crippen LogP contribution in [0.15, 0.2) is 27.6 Å². The molecule has 0 bridgehead atoms. The van der Waals surface area contributed by atoms with Crippen LogP contribution < -0.4 is 10.5 Å². The minimum Gasteiger partial charge on any atom is -0.352 e. The summed E-state index contributed by atoms with van der Waals surface area (Å²) in [5.74, 6) is 0.293. The van der Waals surface area contributed by atoms with Gasteiger partial charge in [-0.1, -0.05) is 0 Å². The fourth-order valence-corrected chi connectivity index (χ4v) is 3.08. The van der Waals surface area contributed by atoms with E-state index in [0.717, 1.165) is 12.8 Å². The van der Waals surface area contributed by atoms with Crippen molar-refractivity contribution in [2.75, 3.05) is 6.54 Å². The van der Waals surface area contributed by atoms with E-state index in [1.807, 2.05) is 0 Å². The van der Waals surface area contributed by atoms with Crippen molar-refractivity contribution in [3.05, 3.63) is 28.2 Å². The van der Waals surface area contributed by atoms with Crippen molar-refractivity contribution < 1.29 is 13.2 Å². The first-order valence-corrected chi connectivity index (χ1v) is 7.82. The van der Waals surface area contributed by atoms with Crippen LogP contribution in [-0.4, -0.2) is 20.9 Å². The molecule has 18 heavy (non-hydrogen) atoms. The Hall–Kier alpha value is -0.920. The van der Waals surface area contributed by atoms with Crippen molar-refractivity contribution in [2.24, 2.45) is 11.1 Å². The van der Waals surface area contributed by atoms with Crippen LogP contribution in [0.25, 0.3) is 0 Å². The molecule has 7 heteroatoms. The van der Waals surface area contributed by atoms with E-state index in [0.29, 0.717) is 22.5 Å². The zero-order valence-electron chi connectivity index (χ0n) is 9.52. The zero-order valence-corrected chi connectivity index (χ0v) is 11.9. The number of hydrogen-bond donors (Lipinski definition) is 2. The fraction of sp³-hybridized carbons (Fsp3) is 0.364. The van der Waals surface area contributed by atoms with Crippen LogP contribution in [0.1, 0.15) is 23.2 Å². The van der Waals surface area contributed by atoms with Crippen LogP contribution in [0.3, 0.4) is 0 Å². The molecular formula is C11H13BrN2O3S. The Morgan fingerprint density at radius 3 is 2.67 bits per heavy atom. The Kier molecular flexibility index (Phi) is 3.74. The lowest BCUT2D eigenvalue weighted by molar-refractivity contribution is 0.0951. The molecule has 1 aliphatic carbocycles. The van der Waals surface area contributed by atoms with Gasteiger partial charge in [0.05, 0.1) is 4.90 Å². The molecule has 0 radical (unpaired) electrons. The molecule has 3 N–H and O–H groups in total. The summed E-state index contributed by atoms with van der Waals surface area (Å²) in [7, 11) is -3.84. The Bertz CT molecular complexity index is 582. The monoisotopic (exact) mass is 332 g/mol. The third-order valence-electron chi connectivity index (χ3n) is 2.75. The van der Waals surface area contributed by atoms with Crippen molar-refractivity contribution in [1.82, 2.24) is 5.32 Å². The van der Waals surface area contributed by atoms with Crippen LogP contribution in [0.4, 0.5) is 0 Å². The second-order valence-corrected chi connectivity index (χ2v) is 6.73. The van der Waals surface area contributed by atoms with E-state index < -0.39 is 10.0 Å². The molecule has 0 spiro atoms. The average molecular weight is 333 g/mol. The van der Waals surface area contributed by atoms with E-state index in [1.165, 1.54) is 12.1 Å². The maximum Gasteiger partial charge on any atom is 0.251 e. The van der Waals surface area contributed by atoms with E-state index in [4.69, 9.17) is 5.14 Å². The number of halogens is 1. The Morgan fingerprint density at radius 1 is 1.44 bits per heavy atom. The van der Waals surface area contributed by atoms with Gasteiger partial charge in [0.1, 0.15) is 0 Å². The zero-order chi connectivity index (χ0) is 13.3. The van der Waals surface area contributed by atoms with E-state index in [1.54, 1.807) is 6.07 Å². The van der Waals surface area contributed by atoms with Crippen molar-refractivity contribution in [2.45, 2.75) is 17.7 Å². The molecule has 0 aliphatic heterocycles. The van der Waals surface area contributed by atoms with Crippen molar-refractivity contribution >= 4 is 31.9 Å². The smallest absolute Gasteiger partial charge is 0.251 e. The summed E-state index contributed by atoms with van der Waals surface area (Å²) in [5, 5.41) is 7.84. The molecule has 1 aromatic carbocycles. The van der Waals surface area contributed by atoms with E-state index in [9.17, 15) is 13.2 Å². The highest BCUT2D eigenvalue weighted by atomic mass is 79.9. The Morgan fingerprint density at radius 2 is 2.11 bits per heavy atom. The van der Waals surface area contributed by atoms with Crippen molar-refractivity contribution in [3.8, 4) is 0 Å². The molecule has 98 valence electrons. The van der Waals surface area contributed by atoms with E-state index in [-0.39, 0.29) is 10.8 Å². The fourth-order valence-electron chi connectivity index (χ4n) is 1.52. The molecule has 0 unspecified atom stereocenters. The van der Waals surface area contributed by atoms with Gasteiger partial charge in [-0.05, 0) is 52.9 Å². The number of nitrogens with one attached hydrogen (secondary N) is 1. The van der Waals surface area contributed by atoms with Gasteiger partial charge in [-0.3, -0.25) is 4.79 Å². The predicted molar refractivity (Wildman–Crippen MR) is 70.6 cm³/mol. The van der Waals surface area contributed by atoms with Crippen LogP contribution >= 0.6 is 15.9 Å². The number of rotatable bonds is 4. The summed E-state index contributed by atoms with van der Waals surface area (Å²) < 4.78 is 23.0. The number of sulfonamides is 1. The molecule has 1 fully saturated rings. The molecule has 1 aliphatic rings. The molecule has 0 aromatic heterocycles. The molecule has 0 atom stereocenters. The van der Waals surface area contributed by atoms with Crippen LogP contribution in [0.5, 0.6) is 0 Å². The van der Waals surface area contributed by atoms with Crippen molar-refractivity contribution in [1.29, 1.82) is 0 Å². The molecule has 1 saturated carbocycles. The largest absolute Gasteiger partial charge is 0.352 e. The number of primary sulfonamides is 1. The molecule has 2 rings (SSSR count). The second-order valence-electron chi connectivity index (χ2n) is 4.34. The number of carbonyl (C=O) groups excluding carboxylic acids is 1. The lowest BCUT2D eigenvalue weighted by Crippen LogP contribution is -2.26. The first-order valence-electron chi connectivity index (χ1n) is 5.48. The molecule has 0 saturated heterocycles. The number of nitrogens with two attached hydrogens (primary N) is 1. The number of carbonyl (C=O) groups is 1. The lowest BCUT2D eigenvalue weighted by Gasteiger charge is -2.07. The third-order valence-corrected chi connectivity index (χ3v) is 4.65. The van der Waals surface area contributed by atoms with Gasteiger partial charge in [0.15, 0.2) is 0 Å². The van der Waals surface area contributed by atoms with Crippen molar-refractivity contribution in [3.63, 3.8) is 0 Å². The van der Waals surface area contributed by atoms with E-state index in [2.05, 4.69) is 21.2 Å². The van der Waals surface area contributed by atoms with Gasteiger partial charge in [-0.2, -0.15) is 0 Å². The quantitative estimate of drug-likeness (QED) is 0.869. The summed E-state index contributed by atoms with van der Waals surface area (Å²) >= 11 is 3.10. The van der Waals surface area contributed by atoms with Gasteiger partial charge < -0.3 is 5.32 Å². The summed E-state index contributed by atoms with van der Waals surface area (Å²) in [4.78, 5) is 11.7. The summed E-state index contributed by atoms with van der Waals surface area (Å²) in [6.45, 7) is 0.638. The number of hydrogen-bond acceptors (Lipinski definition) is 3. The van der Waals surface area contributed by atoms with Gasteiger partial charge in [-0.15, -0.1) is 0 Å². The van der Waals surface area contributed by atoms with Crippen LogP contribution in [0, 0.1) is 5.92 Å². The number of benzene rings is 1. The minimum absolute atomic E-state index is 0.0819.